The van der Waals surface area contributed by atoms with E-state index in [1.54, 1.807) is 7.05 Å². The quantitative estimate of drug-likeness (QED) is 0.629. The largest absolute Gasteiger partial charge is 0.365 e. The predicted molar refractivity (Wildman–Crippen MR) is 65.0 cm³/mol. The zero-order valence-electron chi connectivity index (χ0n) is 10.3. The molecule has 1 unspecified atom stereocenters. The molecule has 18 heavy (non-hydrogen) atoms. The minimum atomic E-state index is -0.643. The molecule has 1 aliphatic heterocycles. The number of rotatable bonds is 4. The molecule has 98 valence electrons. The van der Waals surface area contributed by atoms with E-state index in [0.717, 1.165) is 19.5 Å². The van der Waals surface area contributed by atoms with Crippen LogP contribution in [0.5, 0.6) is 0 Å². The number of primary amides is 1. The van der Waals surface area contributed by atoms with Crippen molar-refractivity contribution in [3.63, 3.8) is 0 Å². The highest BCUT2D eigenvalue weighted by molar-refractivity contribution is 6.05. The summed E-state index contributed by atoms with van der Waals surface area (Å²) in [5.41, 5.74) is 5.45. The van der Waals surface area contributed by atoms with E-state index in [0.29, 0.717) is 12.5 Å². The van der Waals surface area contributed by atoms with Crippen molar-refractivity contribution in [2.75, 3.05) is 19.6 Å². The van der Waals surface area contributed by atoms with E-state index in [2.05, 4.69) is 15.7 Å². The Kier molecular flexibility index (Phi) is 3.61. The van der Waals surface area contributed by atoms with E-state index in [4.69, 9.17) is 5.73 Å². The Hall–Kier alpha value is -1.89. The molecule has 0 aromatic carbocycles. The molecule has 7 nitrogen and oxygen atoms in total. The fraction of sp³-hybridized carbons (Fsp3) is 0.545. The minimum Gasteiger partial charge on any atom is -0.365 e. The van der Waals surface area contributed by atoms with Crippen LogP contribution >= 0.6 is 0 Å². The number of nitrogens with one attached hydrogen (secondary N) is 2. The molecule has 0 aliphatic carbocycles. The molecule has 2 rings (SSSR count). The molecule has 1 fully saturated rings. The molecule has 4 N–H and O–H groups in total. The number of hydrogen-bond acceptors (Lipinski definition) is 4. The van der Waals surface area contributed by atoms with Crippen molar-refractivity contribution >= 4 is 11.8 Å². The summed E-state index contributed by atoms with van der Waals surface area (Å²) < 4.78 is 1.41. The van der Waals surface area contributed by atoms with Crippen LogP contribution in [0.3, 0.4) is 0 Å². The molecular weight excluding hydrogens is 234 g/mol. The smallest absolute Gasteiger partial charge is 0.272 e. The van der Waals surface area contributed by atoms with Crippen LogP contribution in [-0.2, 0) is 7.05 Å². The summed E-state index contributed by atoms with van der Waals surface area (Å²) in [4.78, 5) is 23.1. The van der Waals surface area contributed by atoms with E-state index in [1.807, 2.05) is 0 Å². The van der Waals surface area contributed by atoms with Crippen molar-refractivity contribution < 1.29 is 9.59 Å². The fourth-order valence-corrected chi connectivity index (χ4v) is 2.05. The van der Waals surface area contributed by atoms with Gasteiger partial charge in [0.1, 0.15) is 0 Å². The third kappa shape index (κ3) is 2.67. The Balaban J connectivity index is 2.01. The van der Waals surface area contributed by atoms with Crippen molar-refractivity contribution in [3.8, 4) is 0 Å². The van der Waals surface area contributed by atoms with Gasteiger partial charge in [-0.15, -0.1) is 0 Å². The number of amides is 2. The molecular formula is C11H17N5O2. The molecule has 1 aromatic rings. The van der Waals surface area contributed by atoms with Crippen LogP contribution in [-0.4, -0.2) is 41.2 Å². The van der Waals surface area contributed by atoms with Crippen LogP contribution in [0.15, 0.2) is 6.20 Å². The second-order valence-electron chi connectivity index (χ2n) is 4.50. The highest BCUT2D eigenvalue weighted by Gasteiger charge is 2.21. The molecule has 7 heteroatoms. The molecule has 1 saturated heterocycles. The summed E-state index contributed by atoms with van der Waals surface area (Å²) >= 11 is 0. The standard InChI is InChI=1S/C11H17N5O2/c1-16-6-8(10(12)17)9(15-16)11(18)14-5-7-2-3-13-4-7/h6-7,13H,2-5H2,1H3,(H2,12,17)(H,14,18). The van der Waals surface area contributed by atoms with Crippen LogP contribution < -0.4 is 16.4 Å². The van der Waals surface area contributed by atoms with Gasteiger partial charge in [0.25, 0.3) is 11.8 Å². The molecule has 2 heterocycles. The SMILES string of the molecule is Cn1cc(C(N)=O)c(C(=O)NCC2CCNC2)n1. The lowest BCUT2D eigenvalue weighted by molar-refractivity contribution is 0.0927. The van der Waals surface area contributed by atoms with Crippen molar-refractivity contribution in [2.24, 2.45) is 18.7 Å². The topological polar surface area (TPSA) is 102 Å². The van der Waals surface area contributed by atoms with E-state index in [9.17, 15) is 9.59 Å². The first-order chi connectivity index (χ1) is 8.58. The Morgan fingerprint density at radius 2 is 2.44 bits per heavy atom. The lowest BCUT2D eigenvalue weighted by atomic mass is 10.1. The maximum Gasteiger partial charge on any atom is 0.272 e. The van der Waals surface area contributed by atoms with Gasteiger partial charge >= 0.3 is 0 Å². The number of aryl methyl sites for hydroxylation is 1. The normalized spacial score (nSPS) is 18.8. The van der Waals surface area contributed by atoms with Gasteiger partial charge < -0.3 is 16.4 Å². The second-order valence-corrected chi connectivity index (χ2v) is 4.50. The molecule has 1 aromatic heterocycles. The lowest BCUT2D eigenvalue weighted by Gasteiger charge is -2.09. The van der Waals surface area contributed by atoms with Gasteiger partial charge in [-0.1, -0.05) is 0 Å². The summed E-state index contributed by atoms with van der Waals surface area (Å²) in [7, 11) is 1.64. The van der Waals surface area contributed by atoms with E-state index >= 15 is 0 Å². The van der Waals surface area contributed by atoms with Crippen molar-refractivity contribution in [1.29, 1.82) is 0 Å². The van der Waals surface area contributed by atoms with E-state index in [1.165, 1.54) is 10.9 Å². The highest BCUT2D eigenvalue weighted by Crippen LogP contribution is 2.08. The average molecular weight is 251 g/mol. The zero-order valence-corrected chi connectivity index (χ0v) is 10.3. The van der Waals surface area contributed by atoms with E-state index in [-0.39, 0.29) is 17.2 Å². The van der Waals surface area contributed by atoms with Crippen LogP contribution in [0, 0.1) is 5.92 Å². The van der Waals surface area contributed by atoms with Gasteiger partial charge in [-0.2, -0.15) is 5.10 Å². The predicted octanol–water partition coefficient (Wildman–Crippen LogP) is -1.14. The van der Waals surface area contributed by atoms with Crippen LogP contribution in [0.25, 0.3) is 0 Å². The highest BCUT2D eigenvalue weighted by atomic mass is 16.2. The second kappa shape index (κ2) is 5.18. The van der Waals surface area contributed by atoms with Crippen LogP contribution in [0.1, 0.15) is 27.3 Å². The Bertz CT molecular complexity index is 462. The first kappa shape index (κ1) is 12.6. The van der Waals surface area contributed by atoms with Gasteiger partial charge in [-0.05, 0) is 25.4 Å². The summed E-state index contributed by atoms with van der Waals surface area (Å²) in [5.74, 6) is -0.554. The Morgan fingerprint density at radius 3 is 3.06 bits per heavy atom. The third-order valence-electron chi connectivity index (χ3n) is 3.02. The maximum absolute atomic E-state index is 11.9. The van der Waals surface area contributed by atoms with Gasteiger partial charge in [0, 0.05) is 19.8 Å². The molecule has 0 radical (unpaired) electrons. The van der Waals surface area contributed by atoms with Gasteiger partial charge in [-0.3, -0.25) is 14.3 Å². The lowest BCUT2D eigenvalue weighted by Crippen LogP contribution is -2.32. The van der Waals surface area contributed by atoms with Crippen LogP contribution in [0.2, 0.25) is 0 Å². The van der Waals surface area contributed by atoms with Crippen molar-refractivity contribution in [3.05, 3.63) is 17.5 Å². The Morgan fingerprint density at radius 1 is 1.67 bits per heavy atom. The molecule has 2 amide bonds. The van der Waals surface area contributed by atoms with Gasteiger partial charge in [0.05, 0.1) is 5.56 Å². The van der Waals surface area contributed by atoms with E-state index < -0.39 is 5.91 Å². The number of nitrogens with zero attached hydrogens (tertiary/aromatic N) is 2. The molecule has 0 spiro atoms. The summed E-state index contributed by atoms with van der Waals surface area (Å²) in [5, 5.41) is 9.98. The molecule has 0 bridgehead atoms. The molecule has 1 atom stereocenters. The summed E-state index contributed by atoms with van der Waals surface area (Å²) in [6.07, 6.45) is 2.50. The monoisotopic (exact) mass is 251 g/mol. The average Bonchev–Trinajstić information content (AvgIpc) is 2.94. The van der Waals surface area contributed by atoms with Gasteiger partial charge in [0.2, 0.25) is 0 Å². The van der Waals surface area contributed by atoms with Crippen molar-refractivity contribution in [1.82, 2.24) is 20.4 Å². The van der Waals surface area contributed by atoms with Gasteiger partial charge in [-0.25, -0.2) is 0 Å². The number of carbonyl (C=O) groups is 2. The van der Waals surface area contributed by atoms with Gasteiger partial charge in [0.15, 0.2) is 5.69 Å². The molecule has 1 aliphatic rings. The fourth-order valence-electron chi connectivity index (χ4n) is 2.05. The summed E-state index contributed by atoms with van der Waals surface area (Å²) in [6.45, 7) is 2.47. The number of aromatic nitrogens is 2. The number of carbonyl (C=O) groups excluding carboxylic acids is 2. The van der Waals surface area contributed by atoms with Crippen LogP contribution in [0.4, 0.5) is 0 Å². The maximum atomic E-state index is 11.9. The number of nitrogens with two attached hydrogens (primary N) is 1. The Labute approximate surface area is 105 Å². The molecule has 0 saturated carbocycles. The first-order valence-electron chi connectivity index (χ1n) is 5.90. The zero-order chi connectivity index (χ0) is 13.1. The first-order valence-corrected chi connectivity index (χ1v) is 5.90. The third-order valence-corrected chi connectivity index (χ3v) is 3.02. The minimum absolute atomic E-state index is 0.0935. The summed E-state index contributed by atoms with van der Waals surface area (Å²) in [6, 6.07) is 0. The number of hydrogen-bond donors (Lipinski definition) is 3. The van der Waals surface area contributed by atoms with Crippen molar-refractivity contribution in [2.45, 2.75) is 6.42 Å².